The number of hydrogen-bond donors (Lipinski definition) is 1. The molecular formula is C18H25FN2O. The lowest BCUT2D eigenvalue weighted by molar-refractivity contribution is -0.125. The molecule has 1 aliphatic carbocycles. The molecule has 1 heterocycles. The van der Waals surface area contributed by atoms with Crippen molar-refractivity contribution < 1.29 is 9.18 Å². The van der Waals surface area contributed by atoms with Crippen LogP contribution < -0.4 is 5.32 Å². The van der Waals surface area contributed by atoms with Gasteiger partial charge in [-0.05, 0) is 44.2 Å². The first kappa shape index (κ1) is 15.5. The number of hydrogen-bond acceptors (Lipinski definition) is 2. The summed E-state index contributed by atoms with van der Waals surface area (Å²) in [4.78, 5) is 14.6. The first-order valence-electron chi connectivity index (χ1n) is 8.49. The van der Waals surface area contributed by atoms with E-state index < -0.39 is 0 Å². The molecule has 3 rings (SSSR count). The number of halogens is 1. The summed E-state index contributed by atoms with van der Waals surface area (Å²) in [6.45, 7) is 2.20. The first-order chi connectivity index (χ1) is 10.7. The lowest BCUT2D eigenvalue weighted by atomic mass is 10.1. The topological polar surface area (TPSA) is 32.3 Å². The van der Waals surface area contributed by atoms with E-state index in [2.05, 4.69) is 10.2 Å². The fraction of sp³-hybridized carbons (Fsp3) is 0.611. The Balaban J connectivity index is 1.55. The van der Waals surface area contributed by atoms with E-state index in [1.807, 2.05) is 6.07 Å². The maximum Gasteiger partial charge on any atom is 0.237 e. The number of carbonyl (C=O) groups excluding carboxylic acids is 1. The minimum atomic E-state index is -0.181. The second-order valence-corrected chi connectivity index (χ2v) is 6.62. The summed E-state index contributed by atoms with van der Waals surface area (Å²) < 4.78 is 13.8. The number of amides is 1. The molecule has 0 spiro atoms. The highest BCUT2D eigenvalue weighted by Crippen LogP contribution is 2.25. The van der Waals surface area contributed by atoms with E-state index in [9.17, 15) is 9.18 Å². The molecule has 4 heteroatoms. The van der Waals surface area contributed by atoms with Crippen LogP contribution in [0.25, 0.3) is 0 Å². The minimum absolute atomic E-state index is 0.0963. The molecule has 2 fully saturated rings. The molecule has 120 valence electrons. The van der Waals surface area contributed by atoms with Gasteiger partial charge in [0, 0.05) is 18.7 Å². The summed E-state index contributed by atoms with van der Waals surface area (Å²) in [5.41, 5.74) is 0.679. The quantitative estimate of drug-likeness (QED) is 0.906. The summed E-state index contributed by atoms with van der Waals surface area (Å²) in [5.74, 6) is 0.602. The van der Waals surface area contributed by atoms with Crippen molar-refractivity contribution in [1.29, 1.82) is 0 Å². The molecule has 0 aromatic heterocycles. The van der Waals surface area contributed by atoms with Crippen LogP contribution in [-0.4, -0.2) is 29.9 Å². The van der Waals surface area contributed by atoms with Crippen molar-refractivity contribution in [3.05, 3.63) is 35.6 Å². The van der Waals surface area contributed by atoms with Crippen molar-refractivity contribution in [2.75, 3.05) is 13.1 Å². The Morgan fingerprint density at radius 3 is 2.73 bits per heavy atom. The highest BCUT2D eigenvalue weighted by atomic mass is 19.1. The molecule has 1 unspecified atom stereocenters. The molecule has 0 radical (unpaired) electrons. The Kier molecular flexibility index (Phi) is 5.08. The Bertz CT molecular complexity index is 514. The molecule has 1 saturated heterocycles. The predicted octanol–water partition coefficient (Wildman–Crippen LogP) is 3.10. The van der Waals surface area contributed by atoms with Crippen LogP contribution in [0.15, 0.2) is 24.3 Å². The molecule has 1 N–H and O–H groups in total. The summed E-state index contributed by atoms with van der Waals surface area (Å²) in [6, 6.07) is 6.75. The lowest BCUT2D eigenvalue weighted by Gasteiger charge is -2.24. The van der Waals surface area contributed by atoms with Gasteiger partial charge in [-0.1, -0.05) is 31.0 Å². The van der Waals surface area contributed by atoms with Crippen LogP contribution in [-0.2, 0) is 11.3 Å². The van der Waals surface area contributed by atoms with Gasteiger partial charge < -0.3 is 5.32 Å². The molecular weight excluding hydrogens is 279 g/mol. The zero-order valence-electron chi connectivity index (χ0n) is 13.1. The Morgan fingerprint density at radius 1 is 1.18 bits per heavy atom. The summed E-state index contributed by atoms with van der Waals surface area (Å²) in [7, 11) is 0. The molecule has 1 atom stereocenters. The molecule has 2 aliphatic rings. The maximum atomic E-state index is 13.8. The van der Waals surface area contributed by atoms with E-state index in [-0.39, 0.29) is 17.8 Å². The van der Waals surface area contributed by atoms with Gasteiger partial charge in [-0.2, -0.15) is 0 Å². The van der Waals surface area contributed by atoms with E-state index in [1.165, 1.54) is 31.7 Å². The highest BCUT2D eigenvalue weighted by Gasteiger charge is 2.31. The van der Waals surface area contributed by atoms with Crippen molar-refractivity contribution in [2.45, 2.75) is 51.1 Å². The van der Waals surface area contributed by atoms with Crippen molar-refractivity contribution in [1.82, 2.24) is 10.2 Å². The number of carbonyl (C=O) groups is 1. The van der Waals surface area contributed by atoms with E-state index in [4.69, 9.17) is 0 Å². The third-order valence-corrected chi connectivity index (χ3v) is 5.04. The molecule has 1 aromatic carbocycles. The van der Waals surface area contributed by atoms with Crippen LogP contribution in [0.2, 0.25) is 0 Å². The van der Waals surface area contributed by atoms with Crippen LogP contribution in [0, 0.1) is 11.7 Å². The normalized spacial score (nSPS) is 23.0. The molecule has 22 heavy (non-hydrogen) atoms. The van der Waals surface area contributed by atoms with Crippen LogP contribution in [0.1, 0.15) is 44.1 Å². The fourth-order valence-corrected chi connectivity index (χ4v) is 3.73. The highest BCUT2D eigenvalue weighted by molar-refractivity contribution is 5.82. The zero-order chi connectivity index (χ0) is 15.4. The molecule has 0 bridgehead atoms. The van der Waals surface area contributed by atoms with E-state index in [0.717, 1.165) is 25.9 Å². The number of likely N-dealkylation sites (tertiary alicyclic amines) is 1. The van der Waals surface area contributed by atoms with Crippen molar-refractivity contribution in [3.63, 3.8) is 0 Å². The average molecular weight is 304 g/mol. The Morgan fingerprint density at radius 2 is 1.95 bits per heavy atom. The molecule has 3 nitrogen and oxygen atoms in total. The first-order valence-corrected chi connectivity index (χ1v) is 8.49. The Labute approximate surface area is 131 Å². The fourth-order valence-electron chi connectivity index (χ4n) is 3.73. The van der Waals surface area contributed by atoms with Gasteiger partial charge in [-0.15, -0.1) is 0 Å². The molecule has 1 amide bonds. The number of nitrogens with zero attached hydrogens (tertiary/aromatic N) is 1. The largest absolute Gasteiger partial charge is 0.354 e. The smallest absolute Gasteiger partial charge is 0.237 e. The monoisotopic (exact) mass is 304 g/mol. The standard InChI is InChI=1S/C18H25FN2O/c19-16-9-4-3-8-15(16)13-21-11-5-10-17(21)18(22)20-12-14-6-1-2-7-14/h3-4,8-9,14,17H,1-2,5-7,10-13H2,(H,20,22). The number of nitrogens with one attached hydrogen (secondary N) is 1. The van der Waals surface area contributed by atoms with Gasteiger partial charge in [0.1, 0.15) is 5.82 Å². The van der Waals surface area contributed by atoms with E-state index in [1.54, 1.807) is 12.1 Å². The van der Waals surface area contributed by atoms with Gasteiger partial charge in [0.05, 0.1) is 6.04 Å². The van der Waals surface area contributed by atoms with E-state index >= 15 is 0 Å². The van der Waals surface area contributed by atoms with Crippen molar-refractivity contribution in [2.24, 2.45) is 5.92 Å². The van der Waals surface area contributed by atoms with Crippen LogP contribution in [0.5, 0.6) is 0 Å². The number of benzene rings is 1. The zero-order valence-corrected chi connectivity index (χ0v) is 13.1. The van der Waals surface area contributed by atoms with Gasteiger partial charge in [-0.3, -0.25) is 9.69 Å². The van der Waals surface area contributed by atoms with Crippen molar-refractivity contribution in [3.8, 4) is 0 Å². The van der Waals surface area contributed by atoms with Crippen LogP contribution in [0.4, 0.5) is 4.39 Å². The second-order valence-electron chi connectivity index (χ2n) is 6.62. The van der Waals surface area contributed by atoms with Crippen LogP contribution in [0.3, 0.4) is 0 Å². The third-order valence-electron chi connectivity index (χ3n) is 5.04. The van der Waals surface area contributed by atoms with Crippen LogP contribution >= 0.6 is 0 Å². The molecule has 1 saturated carbocycles. The summed E-state index contributed by atoms with van der Waals surface area (Å²) in [5, 5.41) is 3.12. The van der Waals surface area contributed by atoms with Gasteiger partial charge in [0.2, 0.25) is 5.91 Å². The average Bonchev–Trinajstić information content (AvgIpc) is 3.18. The Hall–Kier alpha value is -1.42. The molecule has 1 aliphatic heterocycles. The lowest BCUT2D eigenvalue weighted by Crippen LogP contribution is -2.44. The van der Waals surface area contributed by atoms with E-state index in [0.29, 0.717) is 18.0 Å². The minimum Gasteiger partial charge on any atom is -0.354 e. The molecule has 1 aromatic rings. The number of rotatable bonds is 5. The SMILES string of the molecule is O=C(NCC1CCCC1)C1CCCN1Cc1ccccc1F. The summed E-state index contributed by atoms with van der Waals surface area (Å²) in [6.07, 6.45) is 6.96. The van der Waals surface area contributed by atoms with Gasteiger partial charge >= 0.3 is 0 Å². The summed E-state index contributed by atoms with van der Waals surface area (Å²) >= 11 is 0. The van der Waals surface area contributed by atoms with Gasteiger partial charge in [0.15, 0.2) is 0 Å². The van der Waals surface area contributed by atoms with Crippen molar-refractivity contribution >= 4 is 5.91 Å². The third kappa shape index (κ3) is 3.67. The second kappa shape index (κ2) is 7.23. The predicted molar refractivity (Wildman–Crippen MR) is 84.8 cm³/mol. The van der Waals surface area contributed by atoms with Gasteiger partial charge in [0.25, 0.3) is 0 Å². The maximum absolute atomic E-state index is 13.8. The van der Waals surface area contributed by atoms with Gasteiger partial charge in [-0.25, -0.2) is 4.39 Å².